The van der Waals surface area contributed by atoms with Gasteiger partial charge in [-0.1, -0.05) is 11.3 Å². The van der Waals surface area contributed by atoms with Crippen LogP contribution in [0.2, 0.25) is 0 Å². The summed E-state index contributed by atoms with van der Waals surface area (Å²) in [7, 11) is 0. The van der Waals surface area contributed by atoms with Crippen LogP contribution in [0.15, 0.2) is 0 Å². The number of hydrogen-bond acceptors (Lipinski definition) is 6. The van der Waals surface area contributed by atoms with Crippen molar-refractivity contribution in [3.8, 4) is 0 Å². The monoisotopic (exact) mass is 310 g/mol. The van der Waals surface area contributed by atoms with Crippen molar-refractivity contribution in [1.29, 1.82) is 0 Å². The van der Waals surface area contributed by atoms with Crippen molar-refractivity contribution in [2.75, 3.05) is 24.3 Å². The van der Waals surface area contributed by atoms with Crippen LogP contribution < -0.4 is 16.4 Å². The van der Waals surface area contributed by atoms with Crippen molar-refractivity contribution >= 4 is 28.2 Å². The second-order valence-corrected chi connectivity index (χ2v) is 6.86. The molecule has 1 unspecified atom stereocenters. The maximum absolute atomic E-state index is 12.4. The highest BCUT2D eigenvalue weighted by Gasteiger charge is 2.26. The Hall–Kier alpha value is -1.34. The number of nitrogens with one attached hydrogen (secondary N) is 2. The molecule has 1 aliphatic heterocycles. The number of thiazole rings is 1. The van der Waals surface area contributed by atoms with Crippen LogP contribution in [0.25, 0.3) is 0 Å². The molecule has 4 N–H and O–H groups in total. The van der Waals surface area contributed by atoms with E-state index in [0.29, 0.717) is 22.7 Å². The average Bonchev–Trinajstić information content (AvgIpc) is 3.21. The first-order valence-electron chi connectivity index (χ1n) is 7.55. The van der Waals surface area contributed by atoms with Gasteiger partial charge in [0, 0.05) is 25.3 Å². The standard InChI is InChI=1S/C14H22N4O2S/c1-8(9-4-6-20-7-5-9)16-13(19)11-12(15)18-14(21-11)17-10-2-3-10/h8-10H,2-7,15H2,1H3,(H,16,19)(H,17,18). The predicted octanol–water partition coefficient (Wildman–Crippen LogP) is 1.84. The highest BCUT2D eigenvalue weighted by atomic mass is 32.1. The molecule has 116 valence electrons. The molecule has 6 nitrogen and oxygen atoms in total. The van der Waals surface area contributed by atoms with Gasteiger partial charge in [-0.15, -0.1) is 0 Å². The number of nitrogens with two attached hydrogens (primary N) is 1. The maximum atomic E-state index is 12.4. The zero-order valence-electron chi connectivity index (χ0n) is 12.2. The Morgan fingerprint density at radius 1 is 1.38 bits per heavy atom. The third kappa shape index (κ3) is 3.65. The summed E-state index contributed by atoms with van der Waals surface area (Å²) < 4.78 is 5.36. The first-order chi connectivity index (χ1) is 10.1. The van der Waals surface area contributed by atoms with Gasteiger partial charge < -0.3 is 21.1 Å². The van der Waals surface area contributed by atoms with Crippen molar-refractivity contribution < 1.29 is 9.53 Å². The van der Waals surface area contributed by atoms with E-state index in [1.165, 1.54) is 24.2 Å². The van der Waals surface area contributed by atoms with E-state index in [-0.39, 0.29) is 11.9 Å². The molecule has 1 saturated carbocycles. The summed E-state index contributed by atoms with van der Waals surface area (Å²) in [4.78, 5) is 17.1. The van der Waals surface area contributed by atoms with E-state index in [4.69, 9.17) is 10.5 Å². The van der Waals surface area contributed by atoms with Crippen LogP contribution in [0.1, 0.15) is 42.3 Å². The van der Waals surface area contributed by atoms with Gasteiger partial charge in [-0.2, -0.15) is 0 Å². The molecule has 3 rings (SSSR count). The minimum absolute atomic E-state index is 0.118. The molecule has 1 amide bonds. The summed E-state index contributed by atoms with van der Waals surface area (Å²) in [6.07, 6.45) is 4.33. The molecular weight excluding hydrogens is 288 g/mol. The highest BCUT2D eigenvalue weighted by molar-refractivity contribution is 7.18. The highest BCUT2D eigenvalue weighted by Crippen LogP contribution is 2.30. The van der Waals surface area contributed by atoms with E-state index < -0.39 is 0 Å². The normalized spacial score (nSPS) is 21.0. The van der Waals surface area contributed by atoms with Gasteiger partial charge in [-0.3, -0.25) is 4.79 Å². The van der Waals surface area contributed by atoms with Gasteiger partial charge in [0.05, 0.1) is 0 Å². The van der Waals surface area contributed by atoms with Crippen LogP contribution in [-0.2, 0) is 4.74 Å². The summed E-state index contributed by atoms with van der Waals surface area (Å²) in [5, 5.41) is 7.09. The summed E-state index contributed by atoms with van der Waals surface area (Å²) in [5.74, 6) is 0.675. The van der Waals surface area contributed by atoms with E-state index in [0.717, 1.165) is 31.2 Å². The van der Waals surface area contributed by atoms with E-state index in [2.05, 4.69) is 22.5 Å². The van der Waals surface area contributed by atoms with Crippen LogP contribution in [0.3, 0.4) is 0 Å². The number of ether oxygens (including phenoxy) is 1. The van der Waals surface area contributed by atoms with E-state index in [9.17, 15) is 4.79 Å². The molecule has 1 aromatic rings. The molecule has 2 heterocycles. The number of anilines is 2. The van der Waals surface area contributed by atoms with Crippen molar-refractivity contribution in [1.82, 2.24) is 10.3 Å². The van der Waals surface area contributed by atoms with Gasteiger partial charge in [0.25, 0.3) is 5.91 Å². The minimum atomic E-state index is -0.118. The molecule has 1 atom stereocenters. The molecule has 7 heteroatoms. The Balaban J connectivity index is 1.59. The van der Waals surface area contributed by atoms with Crippen molar-refractivity contribution in [3.63, 3.8) is 0 Å². The lowest BCUT2D eigenvalue weighted by Crippen LogP contribution is -2.40. The van der Waals surface area contributed by atoms with Crippen LogP contribution in [0.5, 0.6) is 0 Å². The number of rotatable bonds is 5. The topological polar surface area (TPSA) is 89.3 Å². The SMILES string of the molecule is CC(NC(=O)c1sc(NC2CC2)nc1N)C1CCOCC1. The Kier molecular flexibility index (Phi) is 4.30. The third-order valence-corrected chi connectivity index (χ3v) is 5.10. The van der Waals surface area contributed by atoms with Crippen LogP contribution in [0.4, 0.5) is 10.9 Å². The number of carbonyl (C=O) groups excluding carboxylic acids is 1. The lowest BCUT2D eigenvalue weighted by atomic mass is 9.93. The third-order valence-electron chi connectivity index (χ3n) is 4.10. The molecule has 2 fully saturated rings. The van der Waals surface area contributed by atoms with Crippen molar-refractivity contribution in [2.45, 2.75) is 44.7 Å². The lowest BCUT2D eigenvalue weighted by molar-refractivity contribution is 0.0539. The van der Waals surface area contributed by atoms with Crippen LogP contribution in [-0.4, -0.2) is 36.2 Å². The molecule has 1 aliphatic carbocycles. The number of carbonyl (C=O) groups is 1. The Morgan fingerprint density at radius 3 is 2.76 bits per heavy atom. The van der Waals surface area contributed by atoms with Gasteiger partial charge in [-0.05, 0) is 38.5 Å². The first-order valence-corrected chi connectivity index (χ1v) is 8.36. The second kappa shape index (κ2) is 6.19. The summed E-state index contributed by atoms with van der Waals surface area (Å²) in [6, 6.07) is 0.635. The zero-order valence-corrected chi connectivity index (χ0v) is 13.0. The van der Waals surface area contributed by atoms with Gasteiger partial charge >= 0.3 is 0 Å². The van der Waals surface area contributed by atoms with Crippen molar-refractivity contribution in [3.05, 3.63) is 4.88 Å². The van der Waals surface area contributed by atoms with Gasteiger partial charge in [0.1, 0.15) is 10.7 Å². The van der Waals surface area contributed by atoms with Crippen LogP contribution >= 0.6 is 11.3 Å². The number of amides is 1. The van der Waals surface area contributed by atoms with Gasteiger partial charge in [0.2, 0.25) is 0 Å². The molecule has 1 saturated heterocycles. The maximum Gasteiger partial charge on any atom is 0.265 e. The Labute approximate surface area is 128 Å². The average molecular weight is 310 g/mol. The van der Waals surface area contributed by atoms with E-state index in [1.807, 2.05) is 0 Å². The summed E-state index contributed by atoms with van der Waals surface area (Å²) >= 11 is 1.34. The fourth-order valence-corrected chi connectivity index (χ4v) is 3.43. The predicted molar refractivity (Wildman–Crippen MR) is 83.6 cm³/mol. The smallest absolute Gasteiger partial charge is 0.265 e. The van der Waals surface area contributed by atoms with E-state index in [1.54, 1.807) is 0 Å². The lowest BCUT2D eigenvalue weighted by Gasteiger charge is -2.28. The fourth-order valence-electron chi connectivity index (χ4n) is 2.56. The molecular formula is C14H22N4O2S. The number of nitrogens with zero attached hydrogens (tertiary/aromatic N) is 1. The number of nitrogen functional groups attached to an aromatic ring is 1. The van der Waals surface area contributed by atoms with Gasteiger partial charge in [0.15, 0.2) is 5.13 Å². The summed E-state index contributed by atoms with van der Waals surface area (Å²) in [5.41, 5.74) is 5.87. The zero-order chi connectivity index (χ0) is 14.8. The molecule has 2 aliphatic rings. The largest absolute Gasteiger partial charge is 0.382 e. The minimum Gasteiger partial charge on any atom is -0.382 e. The molecule has 1 aromatic heterocycles. The second-order valence-electron chi connectivity index (χ2n) is 5.86. The Morgan fingerprint density at radius 2 is 2.10 bits per heavy atom. The number of aromatic nitrogens is 1. The molecule has 0 aromatic carbocycles. The molecule has 0 radical (unpaired) electrons. The van der Waals surface area contributed by atoms with Crippen molar-refractivity contribution in [2.24, 2.45) is 5.92 Å². The van der Waals surface area contributed by atoms with E-state index >= 15 is 0 Å². The quantitative estimate of drug-likeness (QED) is 0.772. The van der Waals surface area contributed by atoms with Gasteiger partial charge in [-0.25, -0.2) is 4.98 Å². The fraction of sp³-hybridized carbons (Fsp3) is 0.714. The molecule has 21 heavy (non-hydrogen) atoms. The first kappa shape index (κ1) is 14.6. The molecule has 0 spiro atoms. The Bertz CT molecular complexity index is 509. The molecule has 0 bridgehead atoms. The van der Waals surface area contributed by atoms with Crippen LogP contribution in [0, 0.1) is 5.92 Å². The number of hydrogen-bond donors (Lipinski definition) is 3. The summed E-state index contributed by atoms with van der Waals surface area (Å²) in [6.45, 7) is 3.61.